The maximum Gasteiger partial charge on any atom is 0.329 e. The standard InChI is InChI=1S/C20H17N3O5/c24-17(11-23-18(25)14-7-3-4-8-15(14)21-20(23)28)22-10-13-6-2-1-5-12(13)9-16(22)19(26)27/h1-8,16H,9-11H2,(H,21,28)(H,26,27)/t16-/m0/s1. The number of aliphatic carboxylic acids is 1. The van der Waals surface area contributed by atoms with Crippen molar-refractivity contribution in [1.82, 2.24) is 14.5 Å². The molecule has 0 saturated carbocycles. The summed E-state index contributed by atoms with van der Waals surface area (Å²) in [5.41, 5.74) is 0.822. The first kappa shape index (κ1) is 17.7. The zero-order valence-corrected chi connectivity index (χ0v) is 14.8. The number of aromatic nitrogens is 2. The molecule has 0 fully saturated rings. The van der Waals surface area contributed by atoms with Crippen LogP contribution in [0.1, 0.15) is 11.1 Å². The van der Waals surface area contributed by atoms with E-state index in [0.29, 0.717) is 5.52 Å². The normalized spacial score (nSPS) is 16.0. The van der Waals surface area contributed by atoms with Crippen LogP contribution in [-0.2, 0) is 29.1 Å². The van der Waals surface area contributed by atoms with Crippen molar-refractivity contribution in [3.63, 3.8) is 0 Å². The number of hydrogen-bond acceptors (Lipinski definition) is 4. The summed E-state index contributed by atoms with van der Waals surface area (Å²) in [6.07, 6.45) is 0.181. The summed E-state index contributed by atoms with van der Waals surface area (Å²) in [4.78, 5) is 53.3. The summed E-state index contributed by atoms with van der Waals surface area (Å²) < 4.78 is 0.810. The number of carboxylic acid groups (broad SMARTS) is 1. The Morgan fingerprint density at radius 3 is 2.46 bits per heavy atom. The van der Waals surface area contributed by atoms with Crippen LogP contribution in [0.2, 0.25) is 0 Å². The number of para-hydroxylation sites is 1. The largest absolute Gasteiger partial charge is 0.480 e. The number of carbonyl (C=O) groups is 2. The highest BCUT2D eigenvalue weighted by Crippen LogP contribution is 2.23. The number of nitrogens with one attached hydrogen (secondary N) is 1. The van der Waals surface area contributed by atoms with Crippen molar-refractivity contribution in [2.75, 3.05) is 0 Å². The molecule has 8 nitrogen and oxygen atoms in total. The number of carboxylic acids is 1. The first-order valence-corrected chi connectivity index (χ1v) is 8.76. The molecule has 1 aliphatic rings. The van der Waals surface area contributed by atoms with E-state index in [1.165, 1.54) is 4.90 Å². The van der Waals surface area contributed by atoms with Crippen molar-refractivity contribution in [3.05, 3.63) is 80.5 Å². The third-order valence-corrected chi connectivity index (χ3v) is 5.04. The first-order valence-electron chi connectivity index (χ1n) is 8.76. The Morgan fingerprint density at radius 1 is 1.04 bits per heavy atom. The maximum atomic E-state index is 12.9. The summed E-state index contributed by atoms with van der Waals surface area (Å²) in [7, 11) is 0. The van der Waals surface area contributed by atoms with Gasteiger partial charge in [0.25, 0.3) is 5.56 Å². The molecular formula is C20H17N3O5. The van der Waals surface area contributed by atoms with E-state index in [1.807, 2.05) is 24.3 Å². The number of carbonyl (C=O) groups excluding carboxylic acids is 1. The second-order valence-electron chi connectivity index (χ2n) is 6.72. The van der Waals surface area contributed by atoms with Crippen molar-refractivity contribution < 1.29 is 14.7 Å². The number of rotatable bonds is 3. The molecule has 1 aromatic heterocycles. The lowest BCUT2D eigenvalue weighted by molar-refractivity contribution is -0.151. The van der Waals surface area contributed by atoms with E-state index < -0.39 is 35.7 Å². The predicted octanol–water partition coefficient (Wildman–Crippen LogP) is 0.728. The molecular weight excluding hydrogens is 362 g/mol. The Balaban J connectivity index is 1.70. The van der Waals surface area contributed by atoms with Gasteiger partial charge in [-0.3, -0.25) is 14.2 Å². The Morgan fingerprint density at radius 2 is 1.71 bits per heavy atom. The molecule has 1 atom stereocenters. The van der Waals surface area contributed by atoms with E-state index in [2.05, 4.69) is 4.98 Å². The van der Waals surface area contributed by atoms with Gasteiger partial charge in [0.1, 0.15) is 12.6 Å². The van der Waals surface area contributed by atoms with Crippen LogP contribution >= 0.6 is 0 Å². The van der Waals surface area contributed by atoms with Crippen molar-refractivity contribution >= 4 is 22.8 Å². The topological polar surface area (TPSA) is 112 Å². The molecule has 0 spiro atoms. The first-order chi connectivity index (χ1) is 13.5. The molecule has 4 rings (SSSR count). The molecule has 2 aromatic carbocycles. The fraction of sp³-hybridized carbons (Fsp3) is 0.200. The number of aromatic amines is 1. The minimum Gasteiger partial charge on any atom is -0.480 e. The van der Waals surface area contributed by atoms with E-state index in [0.717, 1.165) is 15.7 Å². The molecule has 1 aliphatic heterocycles. The van der Waals surface area contributed by atoms with Gasteiger partial charge in [-0.2, -0.15) is 0 Å². The van der Waals surface area contributed by atoms with Crippen LogP contribution in [0, 0.1) is 0 Å². The van der Waals surface area contributed by atoms with E-state index in [4.69, 9.17) is 0 Å². The fourth-order valence-electron chi connectivity index (χ4n) is 3.57. The lowest BCUT2D eigenvalue weighted by atomic mass is 9.94. The Kier molecular flexibility index (Phi) is 4.31. The minimum absolute atomic E-state index is 0.117. The summed E-state index contributed by atoms with van der Waals surface area (Å²) in [6.45, 7) is -0.406. The van der Waals surface area contributed by atoms with Crippen LogP contribution in [-0.4, -0.2) is 37.5 Å². The van der Waals surface area contributed by atoms with Crippen LogP contribution in [0.25, 0.3) is 10.9 Å². The van der Waals surface area contributed by atoms with Crippen molar-refractivity contribution in [2.24, 2.45) is 0 Å². The average molecular weight is 379 g/mol. The van der Waals surface area contributed by atoms with Crippen LogP contribution in [0.4, 0.5) is 0 Å². The van der Waals surface area contributed by atoms with E-state index in [-0.39, 0.29) is 18.4 Å². The highest BCUT2D eigenvalue weighted by Gasteiger charge is 2.34. The molecule has 142 valence electrons. The number of H-pyrrole nitrogens is 1. The van der Waals surface area contributed by atoms with Gasteiger partial charge in [-0.05, 0) is 23.3 Å². The van der Waals surface area contributed by atoms with Crippen molar-refractivity contribution in [3.8, 4) is 0 Å². The highest BCUT2D eigenvalue weighted by atomic mass is 16.4. The summed E-state index contributed by atoms with van der Waals surface area (Å²) in [5.74, 6) is -1.72. The Bertz CT molecular complexity index is 1210. The molecule has 8 heteroatoms. The van der Waals surface area contributed by atoms with Crippen molar-refractivity contribution in [1.29, 1.82) is 0 Å². The Hall–Kier alpha value is -3.68. The summed E-state index contributed by atoms with van der Waals surface area (Å²) in [6, 6.07) is 12.8. The molecule has 0 radical (unpaired) electrons. The number of fused-ring (bicyclic) bond motifs is 2. The molecule has 0 saturated heterocycles. The molecule has 0 bridgehead atoms. The van der Waals surface area contributed by atoms with Gasteiger partial charge in [-0.15, -0.1) is 0 Å². The van der Waals surface area contributed by atoms with E-state index in [1.54, 1.807) is 24.3 Å². The quantitative estimate of drug-likeness (QED) is 0.697. The average Bonchev–Trinajstić information content (AvgIpc) is 2.70. The van der Waals surface area contributed by atoms with Crippen LogP contribution in [0.3, 0.4) is 0 Å². The van der Waals surface area contributed by atoms with Gasteiger partial charge < -0.3 is 15.0 Å². The molecule has 28 heavy (non-hydrogen) atoms. The summed E-state index contributed by atoms with van der Waals surface area (Å²) >= 11 is 0. The summed E-state index contributed by atoms with van der Waals surface area (Å²) in [5, 5.41) is 9.86. The SMILES string of the molecule is O=C(O)[C@@H]1Cc2ccccc2CN1C(=O)Cn1c(=O)[nH]c2ccccc2c1=O. The lowest BCUT2D eigenvalue weighted by Gasteiger charge is -2.34. The maximum absolute atomic E-state index is 12.9. The monoisotopic (exact) mass is 379 g/mol. The van der Waals surface area contributed by atoms with Gasteiger partial charge in [-0.25, -0.2) is 9.59 Å². The number of amides is 1. The molecule has 3 aromatic rings. The number of nitrogens with zero attached hydrogens (tertiary/aromatic N) is 2. The number of benzene rings is 2. The van der Waals surface area contributed by atoms with Gasteiger partial charge >= 0.3 is 11.7 Å². The molecule has 0 aliphatic carbocycles. The second-order valence-corrected chi connectivity index (χ2v) is 6.72. The predicted molar refractivity (Wildman–Crippen MR) is 101 cm³/mol. The van der Waals surface area contributed by atoms with Gasteiger partial charge in [0.2, 0.25) is 5.91 Å². The van der Waals surface area contributed by atoms with Crippen LogP contribution in [0.5, 0.6) is 0 Å². The minimum atomic E-state index is -1.12. The smallest absolute Gasteiger partial charge is 0.329 e. The highest BCUT2D eigenvalue weighted by molar-refractivity contribution is 5.85. The molecule has 2 heterocycles. The van der Waals surface area contributed by atoms with Gasteiger partial charge in [-0.1, -0.05) is 36.4 Å². The van der Waals surface area contributed by atoms with Crippen molar-refractivity contribution in [2.45, 2.75) is 25.6 Å². The third kappa shape index (κ3) is 2.98. The Labute approximate surface area is 158 Å². The third-order valence-electron chi connectivity index (χ3n) is 5.04. The lowest BCUT2D eigenvalue weighted by Crippen LogP contribution is -2.51. The van der Waals surface area contributed by atoms with Gasteiger partial charge in [0, 0.05) is 13.0 Å². The zero-order valence-electron chi connectivity index (χ0n) is 14.8. The fourth-order valence-corrected chi connectivity index (χ4v) is 3.57. The second kappa shape index (κ2) is 6.80. The molecule has 0 unspecified atom stereocenters. The molecule has 2 N–H and O–H groups in total. The van der Waals surface area contributed by atoms with Gasteiger partial charge in [0.05, 0.1) is 10.9 Å². The van der Waals surface area contributed by atoms with Gasteiger partial charge in [0.15, 0.2) is 0 Å². The van der Waals surface area contributed by atoms with E-state index in [9.17, 15) is 24.3 Å². The van der Waals surface area contributed by atoms with E-state index >= 15 is 0 Å². The molecule has 1 amide bonds. The zero-order chi connectivity index (χ0) is 19.8. The number of hydrogen-bond donors (Lipinski definition) is 2. The van der Waals surface area contributed by atoms with Crippen LogP contribution < -0.4 is 11.2 Å². The van der Waals surface area contributed by atoms with Crippen LogP contribution in [0.15, 0.2) is 58.1 Å².